The van der Waals surface area contributed by atoms with Crippen molar-refractivity contribution in [3.63, 3.8) is 0 Å². The van der Waals surface area contributed by atoms with Crippen molar-refractivity contribution < 1.29 is 4.52 Å². The van der Waals surface area contributed by atoms with Gasteiger partial charge in [-0.05, 0) is 36.8 Å². The largest absolute Gasteiger partial charge is 0.367 e. The van der Waals surface area contributed by atoms with E-state index in [4.69, 9.17) is 33.5 Å². The molecular weight excluding hydrogens is 309 g/mol. The Hall–Kier alpha value is -2.04. The molecule has 0 saturated heterocycles. The van der Waals surface area contributed by atoms with Crippen LogP contribution in [-0.4, -0.2) is 10.1 Å². The van der Waals surface area contributed by atoms with Crippen LogP contribution in [0.1, 0.15) is 5.69 Å². The Bertz CT molecular complexity index is 814. The molecule has 4 nitrogen and oxygen atoms in total. The van der Waals surface area contributed by atoms with Crippen LogP contribution >= 0.6 is 23.2 Å². The highest BCUT2D eigenvalue weighted by molar-refractivity contribution is 6.42. The molecule has 0 aliphatic heterocycles. The van der Waals surface area contributed by atoms with Crippen molar-refractivity contribution in [3.8, 4) is 22.4 Å². The highest BCUT2D eigenvalue weighted by Crippen LogP contribution is 2.38. The van der Waals surface area contributed by atoms with Crippen molar-refractivity contribution in [2.75, 3.05) is 5.73 Å². The third-order valence-corrected chi connectivity index (χ3v) is 3.84. The third kappa shape index (κ3) is 2.60. The summed E-state index contributed by atoms with van der Waals surface area (Å²) < 4.78 is 5.15. The first-order valence-corrected chi connectivity index (χ1v) is 6.95. The van der Waals surface area contributed by atoms with Crippen LogP contribution in [0.4, 0.5) is 5.88 Å². The molecule has 3 aromatic rings. The number of pyridine rings is 1. The molecule has 0 aliphatic rings. The first-order valence-electron chi connectivity index (χ1n) is 6.20. The van der Waals surface area contributed by atoms with Crippen molar-refractivity contribution in [1.82, 2.24) is 10.1 Å². The van der Waals surface area contributed by atoms with E-state index in [1.54, 1.807) is 18.3 Å². The average molecular weight is 320 g/mol. The van der Waals surface area contributed by atoms with Crippen LogP contribution in [0.3, 0.4) is 0 Å². The van der Waals surface area contributed by atoms with E-state index >= 15 is 0 Å². The number of halogens is 2. The fraction of sp³-hybridized carbons (Fsp3) is 0.0667. The molecule has 2 heterocycles. The van der Waals surface area contributed by atoms with E-state index < -0.39 is 0 Å². The summed E-state index contributed by atoms with van der Waals surface area (Å²) in [6.45, 7) is 1.91. The van der Waals surface area contributed by atoms with Gasteiger partial charge in [0.05, 0.1) is 15.6 Å². The molecule has 6 heteroatoms. The molecule has 0 bridgehead atoms. The van der Waals surface area contributed by atoms with Crippen LogP contribution in [0.15, 0.2) is 41.1 Å². The summed E-state index contributed by atoms with van der Waals surface area (Å²) in [7, 11) is 0. The quantitative estimate of drug-likeness (QED) is 0.749. The Morgan fingerprint density at radius 1 is 1.05 bits per heavy atom. The number of hydrogen-bond acceptors (Lipinski definition) is 4. The number of nitrogens with two attached hydrogens (primary N) is 1. The fourth-order valence-corrected chi connectivity index (χ4v) is 2.42. The van der Waals surface area contributed by atoms with Gasteiger partial charge in [0, 0.05) is 17.5 Å². The summed E-state index contributed by atoms with van der Waals surface area (Å²) in [5, 5.41) is 4.99. The van der Waals surface area contributed by atoms with Crippen molar-refractivity contribution in [3.05, 3.63) is 52.3 Å². The van der Waals surface area contributed by atoms with E-state index in [-0.39, 0.29) is 5.88 Å². The Balaban J connectivity index is 2.19. The Morgan fingerprint density at radius 3 is 2.57 bits per heavy atom. The average Bonchev–Trinajstić information content (AvgIpc) is 2.84. The van der Waals surface area contributed by atoms with Crippen LogP contribution in [0.5, 0.6) is 0 Å². The molecule has 21 heavy (non-hydrogen) atoms. The number of rotatable bonds is 2. The number of nitrogen functional groups attached to an aromatic ring is 1. The van der Waals surface area contributed by atoms with Gasteiger partial charge in [-0.15, -0.1) is 0 Å². The summed E-state index contributed by atoms with van der Waals surface area (Å²) in [4.78, 5) is 4.17. The lowest BCUT2D eigenvalue weighted by Crippen LogP contribution is -1.89. The molecule has 3 rings (SSSR count). The monoisotopic (exact) mass is 319 g/mol. The minimum atomic E-state index is 0.234. The highest BCUT2D eigenvalue weighted by Gasteiger charge is 2.18. The first-order chi connectivity index (χ1) is 10.1. The SMILES string of the molecule is Cc1cc(-c2noc(N)c2-c2ccc(Cl)c(Cl)c2)ccn1. The zero-order valence-electron chi connectivity index (χ0n) is 11.1. The molecule has 2 N–H and O–H groups in total. The van der Waals surface area contributed by atoms with Gasteiger partial charge in [0.1, 0.15) is 5.69 Å². The Kier molecular flexibility index (Phi) is 3.57. The molecule has 106 valence electrons. The van der Waals surface area contributed by atoms with E-state index in [9.17, 15) is 0 Å². The van der Waals surface area contributed by atoms with Gasteiger partial charge in [-0.3, -0.25) is 4.98 Å². The number of aromatic nitrogens is 2. The van der Waals surface area contributed by atoms with E-state index in [0.29, 0.717) is 21.3 Å². The van der Waals surface area contributed by atoms with E-state index in [1.807, 2.05) is 25.1 Å². The Labute approximate surface area is 131 Å². The second-order valence-corrected chi connectivity index (χ2v) is 5.40. The van der Waals surface area contributed by atoms with Crippen molar-refractivity contribution in [2.45, 2.75) is 6.92 Å². The number of nitrogens with zero attached hydrogens (tertiary/aromatic N) is 2. The fourth-order valence-electron chi connectivity index (χ4n) is 2.12. The number of benzene rings is 1. The van der Waals surface area contributed by atoms with Gasteiger partial charge in [-0.25, -0.2) is 0 Å². The molecule has 0 amide bonds. The maximum Gasteiger partial charge on any atom is 0.230 e. The van der Waals surface area contributed by atoms with Gasteiger partial charge >= 0.3 is 0 Å². The zero-order valence-corrected chi connectivity index (χ0v) is 12.6. The summed E-state index contributed by atoms with van der Waals surface area (Å²) in [5.74, 6) is 0.234. The molecule has 0 saturated carbocycles. The van der Waals surface area contributed by atoms with Crippen LogP contribution in [0.2, 0.25) is 10.0 Å². The van der Waals surface area contributed by atoms with E-state index in [1.165, 1.54) is 0 Å². The second kappa shape index (κ2) is 5.39. The molecule has 0 fully saturated rings. The van der Waals surface area contributed by atoms with Crippen LogP contribution in [0, 0.1) is 6.92 Å². The predicted molar refractivity (Wildman–Crippen MR) is 84.3 cm³/mol. The lowest BCUT2D eigenvalue weighted by molar-refractivity contribution is 0.439. The topological polar surface area (TPSA) is 64.9 Å². The Morgan fingerprint density at radius 2 is 1.86 bits per heavy atom. The maximum absolute atomic E-state index is 6.07. The normalized spacial score (nSPS) is 10.8. The molecule has 0 spiro atoms. The summed E-state index contributed by atoms with van der Waals surface area (Å²) in [5.41, 5.74) is 9.82. The summed E-state index contributed by atoms with van der Waals surface area (Å²) >= 11 is 12.0. The predicted octanol–water partition coefficient (Wildman–Crippen LogP) is 4.60. The molecule has 2 aromatic heterocycles. The first kappa shape index (κ1) is 13.9. The molecule has 0 atom stereocenters. The van der Waals surface area contributed by atoms with E-state index in [2.05, 4.69) is 10.1 Å². The van der Waals surface area contributed by atoms with Gasteiger partial charge in [0.2, 0.25) is 5.88 Å². The van der Waals surface area contributed by atoms with Gasteiger partial charge in [-0.2, -0.15) is 0 Å². The second-order valence-electron chi connectivity index (χ2n) is 4.59. The molecular formula is C15H11Cl2N3O. The smallest absolute Gasteiger partial charge is 0.230 e. The zero-order chi connectivity index (χ0) is 15.0. The van der Waals surface area contributed by atoms with Crippen LogP contribution in [-0.2, 0) is 0 Å². The van der Waals surface area contributed by atoms with Gasteiger partial charge < -0.3 is 10.3 Å². The van der Waals surface area contributed by atoms with Crippen LogP contribution in [0.25, 0.3) is 22.4 Å². The minimum Gasteiger partial charge on any atom is -0.367 e. The lowest BCUT2D eigenvalue weighted by Gasteiger charge is -2.05. The van der Waals surface area contributed by atoms with Gasteiger partial charge in [0.25, 0.3) is 0 Å². The van der Waals surface area contributed by atoms with Gasteiger partial charge in [-0.1, -0.05) is 34.4 Å². The minimum absolute atomic E-state index is 0.234. The highest BCUT2D eigenvalue weighted by atomic mass is 35.5. The third-order valence-electron chi connectivity index (χ3n) is 3.10. The number of anilines is 1. The summed E-state index contributed by atoms with van der Waals surface area (Å²) in [6.07, 6.45) is 1.72. The summed E-state index contributed by atoms with van der Waals surface area (Å²) in [6, 6.07) is 9.05. The molecule has 0 radical (unpaired) electrons. The standard InChI is InChI=1S/C15H11Cl2N3O/c1-8-6-10(4-5-19-8)14-13(15(18)21-20-14)9-2-3-11(16)12(17)7-9/h2-7H,18H2,1H3. The maximum atomic E-state index is 6.07. The number of aryl methyl sites for hydroxylation is 1. The number of hydrogen-bond donors (Lipinski definition) is 1. The van der Waals surface area contributed by atoms with Crippen molar-refractivity contribution in [1.29, 1.82) is 0 Å². The van der Waals surface area contributed by atoms with Crippen molar-refractivity contribution in [2.24, 2.45) is 0 Å². The van der Waals surface area contributed by atoms with Crippen LogP contribution < -0.4 is 5.73 Å². The van der Waals surface area contributed by atoms with Gasteiger partial charge in [0.15, 0.2) is 0 Å². The molecule has 0 aliphatic carbocycles. The van der Waals surface area contributed by atoms with Crippen molar-refractivity contribution >= 4 is 29.1 Å². The lowest BCUT2D eigenvalue weighted by atomic mass is 10.0. The molecule has 1 aromatic carbocycles. The van der Waals surface area contributed by atoms with E-state index in [0.717, 1.165) is 16.8 Å². The molecule has 0 unspecified atom stereocenters.